The van der Waals surface area contributed by atoms with Crippen LogP contribution in [-0.4, -0.2) is 6.36 Å². The van der Waals surface area contributed by atoms with Gasteiger partial charge in [-0.3, -0.25) is 0 Å². The Morgan fingerprint density at radius 2 is 1.81 bits per heavy atom. The first kappa shape index (κ1) is 15.6. The Bertz CT molecular complexity index is 631. The van der Waals surface area contributed by atoms with Crippen LogP contribution in [0.15, 0.2) is 46.9 Å². The molecule has 0 aliphatic carbocycles. The van der Waals surface area contributed by atoms with Gasteiger partial charge < -0.3 is 10.1 Å². The van der Waals surface area contributed by atoms with E-state index in [2.05, 4.69) is 26.0 Å². The second-order valence-electron chi connectivity index (χ2n) is 4.13. The van der Waals surface area contributed by atoms with Gasteiger partial charge in [0.15, 0.2) is 5.75 Å². The van der Waals surface area contributed by atoms with Crippen LogP contribution in [0.3, 0.4) is 0 Å². The van der Waals surface area contributed by atoms with Gasteiger partial charge in [0.05, 0.1) is 5.69 Å². The maximum Gasteiger partial charge on any atom is 0.573 e. The summed E-state index contributed by atoms with van der Waals surface area (Å²) in [5.74, 6) is -0.805. The lowest BCUT2D eigenvalue weighted by atomic mass is 10.2. The van der Waals surface area contributed by atoms with Gasteiger partial charge in [0.25, 0.3) is 0 Å². The average molecular weight is 364 g/mol. The molecule has 0 saturated carbocycles. The van der Waals surface area contributed by atoms with E-state index in [0.29, 0.717) is 10.0 Å². The molecule has 2 rings (SSSR count). The van der Waals surface area contributed by atoms with Crippen molar-refractivity contribution in [3.8, 4) is 5.75 Å². The molecule has 0 spiro atoms. The Hall–Kier alpha value is -1.76. The Morgan fingerprint density at radius 1 is 1.10 bits per heavy atom. The summed E-state index contributed by atoms with van der Waals surface area (Å²) in [7, 11) is 0. The largest absolute Gasteiger partial charge is 0.573 e. The fourth-order valence-electron chi connectivity index (χ4n) is 1.70. The second kappa shape index (κ2) is 6.34. The van der Waals surface area contributed by atoms with E-state index in [4.69, 9.17) is 0 Å². The zero-order chi connectivity index (χ0) is 15.5. The maximum atomic E-state index is 13.6. The van der Waals surface area contributed by atoms with Gasteiger partial charge in [-0.2, -0.15) is 0 Å². The molecule has 112 valence electrons. The van der Waals surface area contributed by atoms with Crippen molar-refractivity contribution in [3.05, 3.63) is 58.3 Å². The summed E-state index contributed by atoms with van der Waals surface area (Å²) < 4.78 is 55.0. The van der Waals surface area contributed by atoms with Gasteiger partial charge in [-0.15, -0.1) is 13.2 Å². The van der Waals surface area contributed by atoms with Gasteiger partial charge in [-0.25, -0.2) is 4.39 Å². The third kappa shape index (κ3) is 4.63. The van der Waals surface area contributed by atoms with Gasteiger partial charge >= 0.3 is 6.36 Å². The molecule has 2 aromatic carbocycles. The van der Waals surface area contributed by atoms with Crippen LogP contribution < -0.4 is 10.1 Å². The van der Waals surface area contributed by atoms with Crippen molar-refractivity contribution in [1.82, 2.24) is 0 Å². The fraction of sp³-hybridized carbons (Fsp3) is 0.143. The minimum atomic E-state index is -4.78. The molecule has 0 aliphatic heterocycles. The molecular formula is C14H10BrF4NO. The van der Waals surface area contributed by atoms with Gasteiger partial charge in [-0.05, 0) is 30.3 Å². The number of hydrogen-bond donors (Lipinski definition) is 1. The van der Waals surface area contributed by atoms with Crippen molar-refractivity contribution in [2.75, 3.05) is 5.32 Å². The highest BCUT2D eigenvalue weighted by molar-refractivity contribution is 9.10. The monoisotopic (exact) mass is 363 g/mol. The lowest BCUT2D eigenvalue weighted by Crippen LogP contribution is -2.18. The van der Waals surface area contributed by atoms with Crippen LogP contribution in [0.2, 0.25) is 0 Å². The van der Waals surface area contributed by atoms with E-state index >= 15 is 0 Å². The molecule has 0 heterocycles. The van der Waals surface area contributed by atoms with Crippen LogP contribution >= 0.6 is 15.9 Å². The molecule has 0 fully saturated rings. The minimum Gasteiger partial charge on any atom is -0.404 e. The molecule has 7 heteroatoms. The first-order valence-electron chi connectivity index (χ1n) is 5.88. The second-order valence-corrected chi connectivity index (χ2v) is 5.05. The van der Waals surface area contributed by atoms with Crippen molar-refractivity contribution < 1.29 is 22.3 Å². The Morgan fingerprint density at radius 3 is 2.52 bits per heavy atom. The molecular weight excluding hydrogens is 354 g/mol. The standard InChI is InChI=1S/C14H10BrF4NO/c15-10-5-6-11(16)9(7-10)8-20-12-3-1-2-4-13(12)21-14(17,18)19/h1-7,20H,8H2. The molecule has 0 saturated heterocycles. The summed E-state index contributed by atoms with van der Waals surface area (Å²) in [6, 6.07) is 9.97. The van der Waals surface area contributed by atoms with E-state index in [0.717, 1.165) is 0 Å². The molecule has 0 aromatic heterocycles. The van der Waals surface area contributed by atoms with Crippen molar-refractivity contribution in [2.24, 2.45) is 0 Å². The third-order valence-corrected chi connectivity index (χ3v) is 3.08. The highest BCUT2D eigenvalue weighted by Gasteiger charge is 2.32. The predicted octanol–water partition coefficient (Wildman–Crippen LogP) is 5.10. The van der Waals surface area contributed by atoms with Crippen LogP contribution in [0.1, 0.15) is 5.56 Å². The van der Waals surface area contributed by atoms with Crippen LogP contribution in [0.4, 0.5) is 23.2 Å². The van der Waals surface area contributed by atoms with E-state index in [9.17, 15) is 17.6 Å². The van der Waals surface area contributed by atoms with Gasteiger partial charge in [0, 0.05) is 16.6 Å². The number of benzene rings is 2. The van der Waals surface area contributed by atoms with E-state index in [1.54, 1.807) is 18.2 Å². The van der Waals surface area contributed by atoms with Crippen LogP contribution in [0.5, 0.6) is 5.75 Å². The normalized spacial score (nSPS) is 11.3. The zero-order valence-electron chi connectivity index (χ0n) is 10.5. The third-order valence-electron chi connectivity index (χ3n) is 2.59. The number of para-hydroxylation sites is 2. The van der Waals surface area contributed by atoms with Crippen molar-refractivity contribution >= 4 is 21.6 Å². The molecule has 1 N–H and O–H groups in total. The van der Waals surface area contributed by atoms with Crippen LogP contribution in [-0.2, 0) is 6.54 Å². The number of rotatable bonds is 4. The number of nitrogens with one attached hydrogen (secondary N) is 1. The smallest absolute Gasteiger partial charge is 0.404 e. The van der Waals surface area contributed by atoms with Crippen LogP contribution in [0.25, 0.3) is 0 Å². The maximum absolute atomic E-state index is 13.6. The molecule has 0 amide bonds. The molecule has 21 heavy (non-hydrogen) atoms. The summed E-state index contributed by atoms with van der Waals surface area (Å²) in [5.41, 5.74) is 0.459. The Labute approximate surface area is 126 Å². The molecule has 0 aliphatic rings. The summed E-state index contributed by atoms with van der Waals surface area (Å²) in [6.07, 6.45) is -4.78. The molecule has 0 atom stereocenters. The van der Waals surface area contributed by atoms with Crippen molar-refractivity contribution in [3.63, 3.8) is 0 Å². The quantitative estimate of drug-likeness (QED) is 0.763. The van der Waals surface area contributed by atoms with Gasteiger partial charge in [0.2, 0.25) is 0 Å². The summed E-state index contributed by atoms with van der Waals surface area (Å²) in [4.78, 5) is 0. The first-order chi connectivity index (χ1) is 9.85. The highest BCUT2D eigenvalue weighted by atomic mass is 79.9. The highest BCUT2D eigenvalue weighted by Crippen LogP contribution is 2.30. The Balaban J connectivity index is 2.15. The van der Waals surface area contributed by atoms with E-state index in [1.165, 1.54) is 24.3 Å². The number of hydrogen-bond acceptors (Lipinski definition) is 2. The molecule has 2 aromatic rings. The minimum absolute atomic E-state index is 0.0313. The van der Waals surface area contributed by atoms with Crippen molar-refractivity contribution in [2.45, 2.75) is 12.9 Å². The summed E-state index contributed by atoms with van der Waals surface area (Å²) in [6.45, 7) is 0.0313. The topological polar surface area (TPSA) is 21.3 Å². The number of anilines is 1. The molecule has 0 radical (unpaired) electrons. The molecule has 0 unspecified atom stereocenters. The SMILES string of the molecule is Fc1ccc(Br)cc1CNc1ccccc1OC(F)(F)F. The lowest BCUT2D eigenvalue weighted by molar-refractivity contribution is -0.274. The van der Waals surface area contributed by atoms with E-state index in [-0.39, 0.29) is 18.0 Å². The van der Waals surface area contributed by atoms with Crippen LogP contribution in [0, 0.1) is 5.82 Å². The average Bonchev–Trinajstić information content (AvgIpc) is 2.39. The lowest BCUT2D eigenvalue weighted by Gasteiger charge is -2.14. The number of ether oxygens (including phenoxy) is 1. The molecule has 0 bridgehead atoms. The van der Waals surface area contributed by atoms with Gasteiger partial charge in [0.1, 0.15) is 5.82 Å². The first-order valence-corrected chi connectivity index (χ1v) is 6.67. The van der Waals surface area contributed by atoms with E-state index in [1.807, 2.05) is 0 Å². The summed E-state index contributed by atoms with van der Waals surface area (Å²) >= 11 is 3.21. The summed E-state index contributed by atoms with van der Waals surface area (Å²) in [5, 5.41) is 2.73. The number of halogens is 5. The Kier molecular flexibility index (Phi) is 4.72. The van der Waals surface area contributed by atoms with Crippen molar-refractivity contribution in [1.29, 1.82) is 0 Å². The van der Waals surface area contributed by atoms with Gasteiger partial charge in [-0.1, -0.05) is 28.1 Å². The number of alkyl halides is 3. The van der Waals surface area contributed by atoms with E-state index < -0.39 is 12.2 Å². The zero-order valence-corrected chi connectivity index (χ0v) is 12.1. The predicted molar refractivity (Wildman–Crippen MR) is 74.6 cm³/mol. The fourth-order valence-corrected chi connectivity index (χ4v) is 2.10. The molecule has 2 nitrogen and oxygen atoms in total.